The number of carbonyl (C=O) groups excluding carboxylic acids is 1. The number of ether oxygens (including phenoxy) is 1. The summed E-state index contributed by atoms with van der Waals surface area (Å²) in [7, 11) is 1.33. The Balaban J connectivity index is 1.98. The maximum Gasteiger partial charge on any atom is 0.311 e. The van der Waals surface area contributed by atoms with Crippen LogP contribution in [0, 0.1) is 10.1 Å². The quantitative estimate of drug-likeness (QED) is 0.376. The number of aromatic nitrogens is 2. The summed E-state index contributed by atoms with van der Waals surface area (Å²) in [5, 5.41) is 13.9. The molecule has 8 nitrogen and oxygen atoms in total. The highest BCUT2D eigenvalue weighted by Crippen LogP contribution is 2.29. The third-order valence-electron chi connectivity index (χ3n) is 2.53. The molecular weight excluding hydrogens is 308 g/mol. The van der Waals surface area contributed by atoms with Gasteiger partial charge < -0.3 is 10.1 Å². The second-order valence-electron chi connectivity index (χ2n) is 4.01. The van der Waals surface area contributed by atoms with Gasteiger partial charge in [-0.1, -0.05) is 11.8 Å². The first-order chi connectivity index (χ1) is 10.6. The molecule has 0 fully saturated rings. The predicted molar refractivity (Wildman–Crippen MR) is 81.0 cm³/mol. The van der Waals surface area contributed by atoms with Gasteiger partial charge in [0.15, 0.2) is 10.9 Å². The van der Waals surface area contributed by atoms with Crippen molar-refractivity contribution in [3.63, 3.8) is 0 Å². The summed E-state index contributed by atoms with van der Waals surface area (Å²) >= 11 is 1.19. The summed E-state index contributed by atoms with van der Waals surface area (Å²) in [6.07, 6.45) is 3.18. The zero-order valence-electron chi connectivity index (χ0n) is 11.6. The molecule has 0 aliphatic heterocycles. The van der Waals surface area contributed by atoms with Crippen LogP contribution in [0.2, 0.25) is 0 Å². The molecule has 1 aromatic carbocycles. The number of benzene rings is 1. The second kappa shape index (κ2) is 7.36. The third kappa shape index (κ3) is 4.16. The van der Waals surface area contributed by atoms with Crippen molar-refractivity contribution < 1.29 is 14.5 Å². The number of anilines is 1. The first-order valence-corrected chi connectivity index (χ1v) is 7.11. The molecule has 0 saturated carbocycles. The number of nitrogens with one attached hydrogen (secondary N) is 1. The lowest BCUT2D eigenvalue weighted by Crippen LogP contribution is -2.14. The fraction of sp³-hybridized carbons (Fsp3) is 0.154. The van der Waals surface area contributed by atoms with Gasteiger partial charge in [-0.3, -0.25) is 14.9 Å². The number of carbonyl (C=O) groups is 1. The van der Waals surface area contributed by atoms with E-state index >= 15 is 0 Å². The number of methoxy groups -OCH3 is 1. The van der Waals surface area contributed by atoms with Crippen molar-refractivity contribution in [1.29, 1.82) is 0 Å². The lowest BCUT2D eigenvalue weighted by atomic mass is 10.2. The largest absolute Gasteiger partial charge is 0.490 e. The van der Waals surface area contributed by atoms with Crippen LogP contribution in [-0.2, 0) is 4.79 Å². The molecular formula is C13H12N4O4S. The van der Waals surface area contributed by atoms with Gasteiger partial charge in [0, 0.05) is 30.2 Å². The van der Waals surface area contributed by atoms with E-state index in [0.29, 0.717) is 10.8 Å². The summed E-state index contributed by atoms with van der Waals surface area (Å²) in [4.78, 5) is 30.1. The van der Waals surface area contributed by atoms with Gasteiger partial charge in [0.05, 0.1) is 17.8 Å². The smallest absolute Gasteiger partial charge is 0.311 e. The third-order valence-corrected chi connectivity index (χ3v) is 3.41. The van der Waals surface area contributed by atoms with Gasteiger partial charge in [0.25, 0.3) is 0 Å². The monoisotopic (exact) mass is 320 g/mol. The van der Waals surface area contributed by atoms with Crippen LogP contribution >= 0.6 is 11.8 Å². The van der Waals surface area contributed by atoms with E-state index in [4.69, 9.17) is 4.74 Å². The van der Waals surface area contributed by atoms with Crippen LogP contribution in [0.4, 0.5) is 11.4 Å². The highest BCUT2D eigenvalue weighted by atomic mass is 32.2. The molecule has 1 amide bonds. The predicted octanol–water partition coefficient (Wildman–Crippen LogP) is 2.12. The molecule has 0 spiro atoms. The van der Waals surface area contributed by atoms with Crippen LogP contribution in [0.15, 0.2) is 41.8 Å². The minimum atomic E-state index is -0.549. The number of hydrogen-bond acceptors (Lipinski definition) is 7. The SMILES string of the molecule is COc1cc(NC(=O)CSc2ncccn2)ccc1[N+](=O)[O-]. The average molecular weight is 320 g/mol. The fourth-order valence-electron chi connectivity index (χ4n) is 1.59. The zero-order chi connectivity index (χ0) is 15.9. The zero-order valence-corrected chi connectivity index (χ0v) is 12.4. The lowest BCUT2D eigenvalue weighted by molar-refractivity contribution is -0.385. The van der Waals surface area contributed by atoms with Crippen molar-refractivity contribution >= 4 is 29.0 Å². The molecule has 114 valence electrons. The van der Waals surface area contributed by atoms with Crippen LogP contribution in [0.25, 0.3) is 0 Å². The molecule has 0 unspecified atom stereocenters. The van der Waals surface area contributed by atoms with Gasteiger partial charge >= 0.3 is 5.69 Å². The Kier molecular flexibility index (Phi) is 5.26. The summed E-state index contributed by atoms with van der Waals surface area (Å²) in [5.74, 6) is -0.0567. The van der Waals surface area contributed by atoms with Crippen LogP contribution in [-0.4, -0.2) is 33.7 Å². The summed E-state index contributed by atoms with van der Waals surface area (Å²) in [5.41, 5.74) is 0.259. The van der Waals surface area contributed by atoms with Gasteiger partial charge in [-0.15, -0.1) is 0 Å². The number of nitro benzene ring substituents is 1. The molecule has 0 radical (unpaired) electrons. The molecule has 0 aliphatic carbocycles. The maximum absolute atomic E-state index is 11.8. The number of amides is 1. The van der Waals surface area contributed by atoms with Crippen molar-refractivity contribution in [3.05, 3.63) is 46.8 Å². The van der Waals surface area contributed by atoms with E-state index in [9.17, 15) is 14.9 Å². The molecule has 1 N–H and O–H groups in total. The highest BCUT2D eigenvalue weighted by molar-refractivity contribution is 7.99. The molecule has 9 heteroatoms. The van der Waals surface area contributed by atoms with Gasteiger partial charge in [0.2, 0.25) is 5.91 Å². The van der Waals surface area contributed by atoms with Crippen LogP contribution in [0.1, 0.15) is 0 Å². The number of nitrogens with zero attached hydrogens (tertiary/aromatic N) is 3. The molecule has 2 aromatic rings. The van der Waals surface area contributed by atoms with E-state index in [0.717, 1.165) is 0 Å². The minimum absolute atomic E-state index is 0.0850. The van der Waals surface area contributed by atoms with E-state index in [1.807, 2.05) is 0 Å². The molecule has 22 heavy (non-hydrogen) atoms. The first-order valence-electron chi connectivity index (χ1n) is 6.12. The minimum Gasteiger partial charge on any atom is -0.490 e. The lowest BCUT2D eigenvalue weighted by Gasteiger charge is -2.07. The fourth-order valence-corrected chi connectivity index (χ4v) is 2.20. The number of nitro groups is 1. The van der Waals surface area contributed by atoms with Gasteiger partial charge in [-0.2, -0.15) is 0 Å². The summed E-state index contributed by atoms with van der Waals surface area (Å²) < 4.78 is 4.94. The number of thioether (sulfide) groups is 1. The van der Waals surface area contributed by atoms with Crippen LogP contribution < -0.4 is 10.1 Å². The van der Waals surface area contributed by atoms with Gasteiger partial charge in [0.1, 0.15) is 0 Å². The topological polar surface area (TPSA) is 107 Å². The van der Waals surface area contributed by atoms with Crippen molar-refractivity contribution in [2.75, 3.05) is 18.2 Å². The number of rotatable bonds is 6. The van der Waals surface area contributed by atoms with E-state index in [1.54, 1.807) is 18.5 Å². The van der Waals surface area contributed by atoms with E-state index < -0.39 is 4.92 Å². The molecule has 2 rings (SSSR count). The van der Waals surface area contributed by atoms with Gasteiger partial charge in [-0.25, -0.2) is 9.97 Å². The summed E-state index contributed by atoms with van der Waals surface area (Å²) in [6.45, 7) is 0. The second-order valence-corrected chi connectivity index (χ2v) is 4.95. The first kappa shape index (κ1) is 15.7. The Morgan fingerprint density at radius 2 is 2.14 bits per heavy atom. The summed E-state index contributed by atoms with van der Waals surface area (Å²) in [6, 6.07) is 5.82. The van der Waals surface area contributed by atoms with Gasteiger partial charge in [-0.05, 0) is 12.1 Å². The number of hydrogen-bond donors (Lipinski definition) is 1. The molecule has 0 aliphatic rings. The van der Waals surface area contributed by atoms with Crippen LogP contribution in [0.5, 0.6) is 5.75 Å². The average Bonchev–Trinajstić information content (AvgIpc) is 2.53. The van der Waals surface area contributed by atoms with E-state index in [-0.39, 0.29) is 23.1 Å². The Hall–Kier alpha value is -2.68. The molecule has 0 atom stereocenters. The Labute approximate surface area is 130 Å². The van der Waals surface area contributed by atoms with E-state index in [2.05, 4.69) is 15.3 Å². The normalized spacial score (nSPS) is 10.0. The Morgan fingerprint density at radius 3 is 2.77 bits per heavy atom. The van der Waals surface area contributed by atoms with Crippen molar-refractivity contribution in [1.82, 2.24) is 9.97 Å². The van der Waals surface area contributed by atoms with Crippen molar-refractivity contribution in [2.24, 2.45) is 0 Å². The molecule has 0 bridgehead atoms. The van der Waals surface area contributed by atoms with E-state index in [1.165, 1.54) is 37.1 Å². The standard InChI is InChI=1S/C13H12N4O4S/c1-21-11-7-9(3-4-10(11)17(19)20)16-12(18)8-22-13-14-5-2-6-15-13/h2-7H,8H2,1H3,(H,16,18). The highest BCUT2D eigenvalue weighted by Gasteiger charge is 2.15. The van der Waals surface area contributed by atoms with Crippen LogP contribution in [0.3, 0.4) is 0 Å². The Bertz CT molecular complexity index is 681. The molecule has 1 heterocycles. The van der Waals surface area contributed by atoms with Crippen molar-refractivity contribution in [2.45, 2.75) is 5.16 Å². The Morgan fingerprint density at radius 1 is 1.41 bits per heavy atom. The molecule has 1 aromatic heterocycles. The maximum atomic E-state index is 11.8. The molecule has 0 saturated heterocycles. The van der Waals surface area contributed by atoms with Crippen molar-refractivity contribution in [3.8, 4) is 5.75 Å².